The normalized spacial score (nSPS) is 14.4. The Balaban J connectivity index is 2.51. The molecule has 1 rings (SSSR count). The van der Waals surface area contributed by atoms with Gasteiger partial charge in [-0.2, -0.15) is 5.26 Å². The first-order valence-corrected chi connectivity index (χ1v) is 4.77. The standard InChI is InChI=1S/C11H15N3/c1-9(5-6-12)14-10(2)11-4-3-7-13-8-11/h3-4,7-10,14H,5H2,1-2H3/t9?,10-/m1/s1. The Labute approximate surface area is 84.8 Å². The Hall–Kier alpha value is -1.40. The maximum atomic E-state index is 8.52. The highest BCUT2D eigenvalue weighted by atomic mass is 14.9. The molecule has 0 radical (unpaired) electrons. The van der Waals surface area contributed by atoms with Crippen LogP contribution in [-0.2, 0) is 0 Å². The van der Waals surface area contributed by atoms with E-state index in [2.05, 4.69) is 23.3 Å². The van der Waals surface area contributed by atoms with E-state index in [0.717, 1.165) is 5.56 Å². The molecular weight excluding hydrogens is 174 g/mol. The summed E-state index contributed by atoms with van der Waals surface area (Å²) in [4.78, 5) is 4.05. The molecule has 0 amide bonds. The van der Waals surface area contributed by atoms with Gasteiger partial charge in [0.25, 0.3) is 0 Å². The predicted molar refractivity (Wildman–Crippen MR) is 55.5 cm³/mol. The van der Waals surface area contributed by atoms with Crippen LogP contribution < -0.4 is 5.32 Å². The van der Waals surface area contributed by atoms with Crippen molar-refractivity contribution in [3.63, 3.8) is 0 Å². The summed E-state index contributed by atoms with van der Waals surface area (Å²) in [5.41, 5.74) is 1.15. The minimum Gasteiger partial charge on any atom is -0.307 e. The third-order valence-electron chi connectivity index (χ3n) is 2.12. The number of hydrogen-bond donors (Lipinski definition) is 1. The van der Waals surface area contributed by atoms with Crippen molar-refractivity contribution in [3.8, 4) is 6.07 Å². The van der Waals surface area contributed by atoms with Gasteiger partial charge in [-0.1, -0.05) is 6.07 Å². The highest BCUT2D eigenvalue weighted by molar-refractivity contribution is 5.12. The first-order chi connectivity index (χ1) is 6.74. The number of aromatic nitrogens is 1. The van der Waals surface area contributed by atoms with Crippen molar-refractivity contribution in [1.82, 2.24) is 10.3 Å². The lowest BCUT2D eigenvalue weighted by Crippen LogP contribution is -2.28. The lowest BCUT2D eigenvalue weighted by molar-refractivity contribution is 0.484. The van der Waals surface area contributed by atoms with Crippen LogP contribution in [0.25, 0.3) is 0 Å². The molecule has 0 aliphatic rings. The van der Waals surface area contributed by atoms with Gasteiger partial charge in [0.2, 0.25) is 0 Å². The summed E-state index contributed by atoms with van der Waals surface area (Å²) in [6, 6.07) is 6.56. The molecule has 74 valence electrons. The maximum Gasteiger partial charge on any atom is 0.0638 e. The molecule has 3 heteroatoms. The molecule has 1 aromatic rings. The highest BCUT2D eigenvalue weighted by Crippen LogP contribution is 2.11. The van der Waals surface area contributed by atoms with E-state index < -0.39 is 0 Å². The summed E-state index contributed by atoms with van der Waals surface area (Å²) >= 11 is 0. The zero-order valence-corrected chi connectivity index (χ0v) is 8.57. The summed E-state index contributed by atoms with van der Waals surface area (Å²) in [6.07, 6.45) is 4.14. The van der Waals surface area contributed by atoms with Crippen molar-refractivity contribution >= 4 is 0 Å². The summed E-state index contributed by atoms with van der Waals surface area (Å²) in [5, 5.41) is 11.9. The van der Waals surface area contributed by atoms with E-state index >= 15 is 0 Å². The van der Waals surface area contributed by atoms with Gasteiger partial charge in [0.15, 0.2) is 0 Å². The number of pyridine rings is 1. The smallest absolute Gasteiger partial charge is 0.0638 e. The van der Waals surface area contributed by atoms with Gasteiger partial charge in [0, 0.05) is 24.5 Å². The largest absolute Gasteiger partial charge is 0.307 e. The molecule has 2 atom stereocenters. The molecule has 0 spiro atoms. The predicted octanol–water partition coefficient (Wildman–Crippen LogP) is 2.03. The fourth-order valence-electron chi connectivity index (χ4n) is 1.35. The second kappa shape index (κ2) is 5.36. The first-order valence-electron chi connectivity index (χ1n) is 4.77. The van der Waals surface area contributed by atoms with E-state index in [4.69, 9.17) is 5.26 Å². The van der Waals surface area contributed by atoms with Crippen molar-refractivity contribution < 1.29 is 0 Å². The number of hydrogen-bond acceptors (Lipinski definition) is 3. The van der Waals surface area contributed by atoms with Crippen molar-refractivity contribution in [2.45, 2.75) is 32.4 Å². The fourth-order valence-corrected chi connectivity index (χ4v) is 1.35. The zero-order chi connectivity index (χ0) is 10.4. The van der Waals surface area contributed by atoms with Crippen LogP contribution in [0, 0.1) is 11.3 Å². The minimum atomic E-state index is 0.218. The minimum absolute atomic E-state index is 0.218. The number of nitrogens with one attached hydrogen (secondary N) is 1. The van der Waals surface area contributed by atoms with Crippen LogP contribution in [-0.4, -0.2) is 11.0 Å². The van der Waals surface area contributed by atoms with Gasteiger partial charge in [-0.25, -0.2) is 0 Å². The van der Waals surface area contributed by atoms with Crippen LogP contribution in [0.3, 0.4) is 0 Å². The molecule has 0 aliphatic heterocycles. The Morgan fingerprint density at radius 3 is 2.93 bits per heavy atom. The molecule has 1 aromatic heterocycles. The van der Waals surface area contributed by atoms with E-state index in [0.29, 0.717) is 6.42 Å². The van der Waals surface area contributed by atoms with E-state index in [-0.39, 0.29) is 12.1 Å². The first kappa shape index (κ1) is 10.7. The Bertz CT molecular complexity index is 302. The summed E-state index contributed by atoms with van der Waals surface area (Å²) < 4.78 is 0. The Kier molecular flexibility index (Phi) is 4.09. The molecule has 0 aromatic carbocycles. The van der Waals surface area contributed by atoms with Gasteiger partial charge >= 0.3 is 0 Å². The van der Waals surface area contributed by atoms with Crippen molar-refractivity contribution in [2.24, 2.45) is 0 Å². The quantitative estimate of drug-likeness (QED) is 0.788. The van der Waals surface area contributed by atoms with Crippen LogP contribution >= 0.6 is 0 Å². The van der Waals surface area contributed by atoms with Crippen molar-refractivity contribution in [1.29, 1.82) is 5.26 Å². The molecule has 0 fully saturated rings. The van der Waals surface area contributed by atoms with E-state index in [1.165, 1.54) is 0 Å². The molecule has 1 heterocycles. The van der Waals surface area contributed by atoms with Crippen LogP contribution in [0.5, 0.6) is 0 Å². The van der Waals surface area contributed by atoms with Crippen LogP contribution in [0.15, 0.2) is 24.5 Å². The average molecular weight is 189 g/mol. The van der Waals surface area contributed by atoms with Crippen molar-refractivity contribution in [2.75, 3.05) is 0 Å². The van der Waals surface area contributed by atoms with E-state index in [1.807, 2.05) is 25.3 Å². The highest BCUT2D eigenvalue weighted by Gasteiger charge is 2.08. The lowest BCUT2D eigenvalue weighted by Gasteiger charge is -2.17. The average Bonchev–Trinajstić information content (AvgIpc) is 2.19. The Morgan fingerprint density at radius 2 is 2.36 bits per heavy atom. The molecule has 0 aliphatic carbocycles. The zero-order valence-electron chi connectivity index (χ0n) is 8.57. The third-order valence-corrected chi connectivity index (χ3v) is 2.12. The van der Waals surface area contributed by atoms with Gasteiger partial charge in [-0.3, -0.25) is 4.98 Å². The summed E-state index contributed by atoms with van der Waals surface area (Å²) in [5.74, 6) is 0. The lowest BCUT2D eigenvalue weighted by atomic mass is 10.1. The number of nitrogens with zero attached hydrogens (tertiary/aromatic N) is 2. The van der Waals surface area contributed by atoms with Gasteiger partial charge < -0.3 is 5.32 Å². The number of nitriles is 1. The maximum absolute atomic E-state index is 8.52. The van der Waals surface area contributed by atoms with Gasteiger partial charge in [0.1, 0.15) is 0 Å². The van der Waals surface area contributed by atoms with E-state index in [9.17, 15) is 0 Å². The molecule has 1 unspecified atom stereocenters. The molecule has 3 nitrogen and oxygen atoms in total. The molecule has 1 N–H and O–H groups in total. The van der Waals surface area contributed by atoms with Gasteiger partial charge in [0.05, 0.1) is 12.5 Å². The SMILES string of the molecule is CC(CC#N)N[C@H](C)c1cccnc1. The third kappa shape index (κ3) is 3.15. The van der Waals surface area contributed by atoms with Gasteiger partial charge in [-0.15, -0.1) is 0 Å². The van der Waals surface area contributed by atoms with Crippen LogP contribution in [0.1, 0.15) is 31.9 Å². The fraction of sp³-hybridized carbons (Fsp3) is 0.455. The van der Waals surface area contributed by atoms with Crippen molar-refractivity contribution in [3.05, 3.63) is 30.1 Å². The second-order valence-corrected chi connectivity index (χ2v) is 3.44. The number of rotatable bonds is 4. The van der Waals surface area contributed by atoms with E-state index in [1.54, 1.807) is 6.20 Å². The molecule has 14 heavy (non-hydrogen) atoms. The summed E-state index contributed by atoms with van der Waals surface area (Å²) in [6.45, 7) is 4.08. The molecule has 0 saturated heterocycles. The second-order valence-electron chi connectivity index (χ2n) is 3.44. The molecular formula is C11H15N3. The van der Waals surface area contributed by atoms with Gasteiger partial charge in [-0.05, 0) is 25.5 Å². The molecule has 0 bridgehead atoms. The van der Waals surface area contributed by atoms with Crippen LogP contribution in [0.2, 0.25) is 0 Å². The monoisotopic (exact) mass is 189 g/mol. The summed E-state index contributed by atoms with van der Waals surface area (Å²) in [7, 11) is 0. The Morgan fingerprint density at radius 1 is 1.57 bits per heavy atom. The van der Waals surface area contributed by atoms with Crippen LogP contribution in [0.4, 0.5) is 0 Å². The molecule has 0 saturated carbocycles. The topological polar surface area (TPSA) is 48.7 Å².